The summed E-state index contributed by atoms with van der Waals surface area (Å²) in [6, 6.07) is 2.58. The van der Waals surface area contributed by atoms with Crippen molar-refractivity contribution in [1.82, 2.24) is 19.5 Å². The van der Waals surface area contributed by atoms with E-state index in [1.165, 1.54) is 12.1 Å². The van der Waals surface area contributed by atoms with Gasteiger partial charge < -0.3 is 21.5 Å². The monoisotopic (exact) mass is 519 g/mol. The van der Waals surface area contributed by atoms with Crippen LogP contribution in [0.2, 0.25) is 5.02 Å². The number of hydrogen-bond acceptors (Lipinski definition) is 7. The number of halogens is 3. The maximum absolute atomic E-state index is 14.6. The number of nitrogens with one attached hydrogen (secondary N) is 2. The molecule has 0 spiro atoms. The van der Waals surface area contributed by atoms with Crippen molar-refractivity contribution in [1.29, 1.82) is 0 Å². The van der Waals surface area contributed by atoms with Gasteiger partial charge in [-0.05, 0) is 63.5 Å². The summed E-state index contributed by atoms with van der Waals surface area (Å²) >= 11 is 5.71. The molecule has 36 heavy (non-hydrogen) atoms. The van der Waals surface area contributed by atoms with Gasteiger partial charge in [-0.1, -0.05) is 11.6 Å². The van der Waals surface area contributed by atoms with Crippen LogP contribution >= 0.6 is 11.6 Å². The molecule has 3 aromatic rings. The summed E-state index contributed by atoms with van der Waals surface area (Å²) in [5, 5.41) is 15.9. The second-order valence-electron chi connectivity index (χ2n) is 9.63. The van der Waals surface area contributed by atoms with Gasteiger partial charge in [-0.25, -0.2) is 18.7 Å². The van der Waals surface area contributed by atoms with Crippen LogP contribution in [-0.2, 0) is 4.79 Å². The number of carbonyl (C=O) groups excluding carboxylic acids is 1. The lowest BCUT2D eigenvalue weighted by Gasteiger charge is -2.29. The summed E-state index contributed by atoms with van der Waals surface area (Å²) in [6.07, 6.45) is 6.97. The summed E-state index contributed by atoms with van der Waals surface area (Å²) in [6.45, 7) is 0. The van der Waals surface area contributed by atoms with Crippen LogP contribution in [0.3, 0.4) is 0 Å². The highest BCUT2D eigenvalue weighted by molar-refractivity contribution is 6.30. The normalized spacial score (nSPS) is 24.6. The fourth-order valence-electron chi connectivity index (χ4n) is 5.23. The van der Waals surface area contributed by atoms with Crippen molar-refractivity contribution in [2.24, 2.45) is 11.7 Å². The summed E-state index contributed by atoms with van der Waals surface area (Å²) < 4.78 is 30.6. The second kappa shape index (κ2) is 10.1. The molecule has 0 radical (unpaired) electrons. The van der Waals surface area contributed by atoms with Crippen LogP contribution in [0.1, 0.15) is 57.4 Å². The number of amides is 1. The molecule has 2 heterocycles. The first-order chi connectivity index (χ1) is 17.3. The molecule has 2 fully saturated rings. The van der Waals surface area contributed by atoms with E-state index in [4.69, 9.17) is 22.3 Å². The number of nitrogens with zero attached hydrogens (tertiary/aromatic N) is 4. The second-order valence-corrected chi connectivity index (χ2v) is 10.0. The van der Waals surface area contributed by atoms with Gasteiger partial charge in [-0.15, -0.1) is 0 Å². The molecule has 2 aliphatic carbocycles. The average Bonchev–Trinajstić information content (AvgIpc) is 3.21. The Labute approximate surface area is 211 Å². The molecular weight excluding hydrogens is 492 g/mol. The smallest absolute Gasteiger partial charge is 0.224 e. The zero-order valence-electron chi connectivity index (χ0n) is 19.6. The Kier molecular flexibility index (Phi) is 6.94. The van der Waals surface area contributed by atoms with Gasteiger partial charge in [0, 0.05) is 18.0 Å². The van der Waals surface area contributed by atoms with Gasteiger partial charge in [0.2, 0.25) is 17.8 Å². The highest BCUT2D eigenvalue weighted by Crippen LogP contribution is 2.37. The summed E-state index contributed by atoms with van der Waals surface area (Å²) in [5.74, 6) is -2.07. The quantitative estimate of drug-likeness (QED) is 0.354. The number of aliphatic hydroxyl groups is 1. The topological polar surface area (TPSA) is 131 Å². The molecule has 9 nitrogen and oxygen atoms in total. The van der Waals surface area contributed by atoms with E-state index in [0.717, 1.165) is 19.3 Å². The SMILES string of the molecule is NC(=O)C1CCC(n2c(Nc3ccc(Cl)c(F)c3F)nc3cnc(NC4CCC[C@H](O)C4)nc32)CC1. The molecule has 192 valence electrons. The average molecular weight is 520 g/mol. The van der Waals surface area contributed by atoms with E-state index in [1.807, 2.05) is 4.57 Å². The number of fused-ring (bicyclic) bond motifs is 1. The molecule has 2 saturated carbocycles. The van der Waals surface area contributed by atoms with Gasteiger partial charge >= 0.3 is 0 Å². The highest BCUT2D eigenvalue weighted by atomic mass is 35.5. The molecule has 1 amide bonds. The number of hydrogen-bond donors (Lipinski definition) is 4. The lowest BCUT2D eigenvalue weighted by molar-refractivity contribution is -0.122. The van der Waals surface area contributed by atoms with E-state index in [9.17, 15) is 18.7 Å². The molecule has 12 heteroatoms. The summed E-state index contributed by atoms with van der Waals surface area (Å²) in [7, 11) is 0. The first kappa shape index (κ1) is 24.6. The highest BCUT2D eigenvalue weighted by Gasteiger charge is 2.30. The van der Waals surface area contributed by atoms with Gasteiger partial charge in [0.15, 0.2) is 17.3 Å². The van der Waals surface area contributed by atoms with Crippen LogP contribution in [0.5, 0.6) is 0 Å². The summed E-state index contributed by atoms with van der Waals surface area (Å²) in [4.78, 5) is 25.4. The number of aliphatic hydroxyl groups excluding tert-OH is 1. The van der Waals surface area contributed by atoms with Crippen LogP contribution in [-0.4, -0.2) is 42.7 Å². The molecule has 1 unspecified atom stereocenters. The van der Waals surface area contributed by atoms with Gasteiger partial charge in [-0.3, -0.25) is 9.36 Å². The van der Waals surface area contributed by atoms with E-state index >= 15 is 0 Å². The van der Waals surface area contributed by atoms with E-state index < -0.39 is 11.6 Å². The largest absolute Gasteiger partial charge is 0.393 e. The number of rotatable bonds is 6. The fraction of sp³-hybridized carbons (Fsp3) is 0.500. The van der Waals surface area contributed by atoms with Crippen molar-refractivity contribution in [2.75, 3.05) is 10.6 Å². The number of aromatic nitrogens is 4. The van der Waals surface area contributed by atoms with Gasteiger partial charge in [-0.2, -0.15) is 4.98 Å². The number of primary amides is 1. The zero-order chi connectivity index (χ0) is 25.4. The molecule has 1 aromatic carbocycles. The molecule has 0 bridgehead atoms. The maximum atomic E-state index is 14.6. The van der Waals surface area contributed by atoms with E-state index in [2.05, 4.69) is 20.6 Å². The van der Waals surface area contributed by atoms with Crippen LogP contribution in [0.25, 0.3) is 11.2 Å². The van der Waals surface area contributed by atoms with Crippen LogP contribution < -0.4 is 16.4 Å². The minimum Gasteiger partial charge on any atom is -0.393 e. The molecule has 0 aliphatic heterocycles. The maximum Gasteiger partial charge on any atom is 0.224 e. The Balaban J connectivity index is 1.51. The number of carbonyl (C=O) groups is 1. The molecule has 0 saturated heterocycles. The van der Waals surface area contributed by atoms with Crippen molar-refractivity contribution in [2.45, 2.75) is 69.6 Å². The molecule has 5 N–H and O–H groups in total. The minimum absolute atomic E-state index is 0.0531. The zero-order valence-corrected chi connectivity index (χ0v) is 20.3. The third-order valence-electron chi connectivity index (χ3n) is 7.16. The van der Waals surface area contributed by atoms with Crippen molar-refractivity contribution in [3.63, 3.8) is 0 Å². The van der Waals surface area contributed by atoms with Crippen molar-refractivity contribution in [3.8, 4) is 0 Å². The number of nitrogens with two attached hydrogens (primary N) is 1. The molecule has 2 atom stereocenters. The Hall–Kier alpha value is -3.05. The predicted molar refractivity (Wildman–Crippen MR) is 132 cm³/mol. The van der Waals surface area contributed by atoms with Gasteiger partial charge in [0.05, 0.1) is 23.0 Å². The lowest BCUT2D eigenvalue weighted by Crippen LogP contribution is -2.30. The molecule has 2 aliphatic rings. The summed E-state index contributed by atoms with van der Waals surface area (Å²) in [5.41, 5.74) is 6.42. The van der Waals surface area contributed by atoms with Crippen LogP contribution in [0, 0.1) is 17.6 Å². The first-order valence-corrected chi connectivity index (χ1v) is 12.6. The molecule has 5 rings (SSSR count). The van der Waals surface area contributed by atoms with Crippen molar-refractivity contribution < 1.29 is 18.7 Å². The fourth-order valence-corrected chi connectivity index (χ4v) is 5.38. The standard InChI is InChI=1S/C24H28ClF2N7O2/c25-16-8-9-17(20(27)19(16)26)31-24-32-18-11-29-23(30-13-2-1-3-15(35)10-13)33-22(18)34(24)14-6-4-12(5-7-14)21(28)36/h8-9,11-15,35H,1-7,10H2,(H2,28,36)(H,31,32)(H,29,30,33)/t12?,13?,14?,15-/m0/s1. The Morgan fingerprint density at radius 2 is 1.89 bits per heavy atom. The van der Waals surface area contributed by atoms with E-state index in [-0.39, 0.29) is 46.7 Å². The van der Waals surface area contributed by atoms with Gasteiger partial charge in [0.25, 0.3) is 0 Å². The molecule has 2 aromatic heterocycles. The lowest BCUT2D eigenvalue weighted by atomic mass is 9.85. The third-order valence-corrected chi connectivity index (χ3v) is 7.45. The van der Waals surface area contributed by atoms with Crippen molar-refractivity contribution in [3.05, 3.63) is 35.0 Å². The van der Waals surface area contributed by atoms with Gasteiger partial charge in [0.1, 0.15) is 5.52 Å². The molecular formula is C24H28ClF2N7O2. The van der Waals surface area contributed by atoms with Crippen molar-refractivity contribution >= 4 is 46.3 Å². The number of imidazole rings is 1. The van der Waals surface area contributed by atoms with E-state index in [1.54, 1.807) is 6.20 Å². The number of benzene rings is 1. The number of anilines is 3. The first-order valence-electron chi connectivity index (χ1n) is 12.2. The van der Waals surface area contributed by atoms with Crippen LogP contribution in [0.15, 0.2) is 18.3 Å². The Morgan fingerprint density at radius 3 is 2.61 bits per heavy atom. The predicted octanol–water partition coefficient (Wildman–Crippen LogP) is 4.43. The third kappa shape index (κ3) is 4.94. The minimum atomic E-state index is -1.15. The van der Waals surface area contributed by atoms with Crippen LogP contribution in [0.4, 0.5) is 26.4 Å². The van der Waals surface area contributed by atoms with E-state index in [0.29, 0.717) is 49.2 Å². The Morgan fingerprint density at radius 1 is 1.11 bits per heavy atom. The Bertz CT molecular complexity index is 1280.